The van der Waals surface area contributed by atoms with E-state index in [1.807, 2.05) is 0 Å². The number of nitrogens with zero attached hydrogens (tertiary/aromatic N) is 2. The van der Waals surface area contributed by atoms with Crippen LogP contribution in [0, 0.1) is 6.42 Å². The number of aliphatic hydroxyl groups excluding tert-OH is 1. The molecule has 3 rings (SSSR count). The molecule has 133 valence electrons. The molecule has 2 aliphatic rings. The van der Waals surface area contributed by atoms with Crippen molar-refractivity contribution >= 4 is 9.84 Å². The molecule has 2 aliphatic heterocycles. The molecule has 0 spiro atoms. The quantitative estimate of drug-likeness (QED) is 0.759. The van der Waals surface area contributed by atoms with Gasteiger partial charge in [0.15, 0.2) is 9.84 Å². The van der Waals surface area contributed by atoms with Crippen molar-refractivity contribution in [2.45, 2.75) is 49.2 Å². The van der Waals surface area contributed by atoms with Gasteiger partial charge < -0.3 is 5.11 Å². The highest BCUT2D eigenvalue weighted by Gasteiger charge is 2.37. The van der Waals surface area contributed by atoms with Crippen LogP contribution in [0.25, 0.3) is 0 Å². The highest BCUT2D eigenvalue weighted by Crippen LogP contribution is 2.34. The molecule has 2 fully saturated rings. The van der Waals surface area contributed by atoms with E-state index in [-0.39, 0.29) is 6.54 Å². The molecule has 0 aliphatic carbocycles. The van der Waals surface area contributed by atoms with Crippen molar-refractivity contribution < 1.29 is 13.5 Å². The first-order chi connectivity index (χ1) is 11.4. The van der Waals surface area contributed by atoms with Crippen LogP contribution < -0.4 is 5.32 Å². The normalized spacial score (nSPS) is 27.1. The van der Waals surface area contributed by atoms with Crippen LogP contribution in [0.5, 0.6) is 0 Å². The Hall–Kier alpha value is -1.02. The second-order valence-electron chi connectivity index (χ2n) is 6.90. The monoisotopic (exact) mass is 352 g/mol. The van der Waals surface area contributed by atoms with Crippen molar-refractivity contribution in [2.75, 3.05) is 19.3 Å². The number of nitrogens with one attached hydrogen (secondary N) is 1. The van der Waals surface area contributed by atoms with Crippen molar-refractivity contribution in [1.82, 2.24) is 15.2 Å². The number of aliphatic hydroxyl groups is 1. The molecule has 2 bridgehead atoms. The summed E-state index contributed by atoms with van der Waals surface area (Å²) in [6.07, 6.45) is 10.7. The van der Waals surface area contributed by atoms with E-state index in [0.717, 1.165) is 12.8 Å². The van der Waals surface area contributed by atoms with Crippen LogP contribution in [0.1, 0.15) is 36.6 Å². The summed E-state index contributed by atoms with van der Waals surface area (Å²) in [6, 6.07) is 4.54. The molecule has 1 radical (unpaired) electrons. The molecule has 7 heteroatoms. The zero-order chi connectivity index (χ0) is 17.2. The topological polar surface area (TPSA) is 82.5 Å². The van der Waals surface area contributed by atoms with Crippen molar-refractivity contribution in [3.8, 4) is 0 Å². The van der Waals surface area contributed by atoms with E-state index in [4.69, 9.17) is 0 Å². The van der Waals surface area contributed by atoms with Crippen LogP contribution >= 0.6 is 0 Å². The Balaban J connectivity index is 1.58. The Morgan fingerprint density at radius 2 is 2.08 bits per heavy atom. The average molecular weight is 352 g/mol. The van der Waals surface area contributed by atoms with Gasteiger partial charge in [-0.3, -0.25) is 15.2 Å². The molecule has 2 N–H and O–H groups in total. The summed E-state index contributed by atoms with van der Waals surface area (Å²) in [5.74, 6) is 0. The fourth-order valence-electron chi connectivity index (χ4n) is 3.90. The minimum absolute atomic E-state index is 0.242. The fraction of sp³-hybridized carbons (Fsp3) is 0.647. The zero-order valence-electron chi connectivity index (χ0n) is 14.0. The molecule has 4 atom stereocenters. The van der Waals surface area contributed by atoms with Gasteiger partial charge in [0.2, 0.25) is 0 Å². The summed E-state index contributed by atoms with van der Waals surface area (Å²) < 4.78 is 24.1. The van der Waals surface area contributed by atoms with E-state index < -0.39 is 21.3 Å². The second-order valence-corrected chi connectivity index (χ2v) is 9.03. The van der Waals surface area contributed by atoms with E-state index >= 15 is 0 Å². The van der Waals surface area contributed by atoms with E-state index in [0.29, 0.717) is 24.2 Å². The summed E-state index contributed by atoms with van der Waals surface area (Å²) in [4.78, 5) is 6.38. The Labute approximate surface area is 144 Å². The van der Waals surface area contributed by atoms with Crippen LogP contribution in [0.2, 0.25) is 0 Å². The highest BCUT2D eigenvalue weighted by molar-refractivity contribution is 7.90. The van der Waals surface area contributed by atoms with E-state index in [1.54, 1.807) is 24.5 Å². The van der Waals surface area contributed by atoms with Gasteiger partial charge in [0.25, 0.3) is 0 Å². The number of sulfone groups is 1. The summed E-state index contributed by atoms with van der Waals surface area (Å²) in [5.41, 5.74) is 0.597. The van der Waals surface area contributed by atoms with Crippen LogP contribution in [0.4, 0.5) is 0 Å². The molecule has 0 saturated carbocycles. The van der Waals surface area contributed by atoms with Gasteiger partial charge in [-0.2, -0.15) is 0 Å². The Morgan fingerprint density at radius 1 is 1.38 bits per heavy atom. The Morgan fingerprint density at radius 3 is 2.67 bits per heavy atom. The Kier molecular flexibility index (Phi) is 5.54. The lowest BCUT2D eigenvalue weighted by Gasteiger charge is -2.36. The van der Waals surface area contributed by atoms with Gasteiger partial charge in [0.1, 0.15) is 5.37 Å². The van der Waals surface area contributed by atoms with Crippen LogP contribution in [0.3, 0.4) is 0 Å². The lowest BCUT2D eigenvalue weighted by atomic mass is 10.0. The number of rotatable bonds is 7. The van der Waals surface area contributed by atoms with Gasteiger partial charge >= 0.3 is 0 Å². The number of hydrogen-bond acceptors (Lipinski definition) is 6. The van der Waals surface area contributed by atoms with Gasteiger partial charge in [-0.25, -0.2) is 8.42 Å². The number of pyridine rings is 1. The lowest BCUT2D eigenvalue weighted by Crippen LogP contribution is -2.47. The van der Waals surface area contributed by atoms with Crippen LogP contribution in [-0.2, 0) is 9.84 Å². The average Bonchev–Trinajstić information content (AvgIpc) is 2.76. The smallest absolute Gasteiger partial charge is 0.167 e. The Bertz CT molecular complexity index is 622. The molecule has 0 aromatic carbocycles. The van der Waals surface area contributed by atoms with Gasteiger partial charge in [-0.05, 0) is 38.2 Å². The first-order valence-electron chi connectivity index (χ1n) is 8.53. The third-order valence-corrected chi connectivity index (χ3v) is 6.32. The minimum Gasteiger partial charge on any atom is -0.390 e. The van der Waals surface area contributed by atoms with E-state index in [1.165, 1.54) is 19.1 Å². The van der Waals surface area contributed by atoms with Crippen molar-refractivity contribution in [1.29, 1.82) is 0 Å². The first kappa shape index (κ1) is 17.8. The molecule has 1 aromatic rings. The van der Waals surface area contributed by atoms with Crippen molar-refractivity contribution in [3.63, 3.8) is 0 Å². The largest absolute Gasteiger partial charge is 0.390 e. The molecular formula is C17H26N3O3S. The third kappa shape index (κ3) is 4.14. The number of piperidine rings is 1. The summed E-state index contributed by atoms with van der Waals surface area (Å²) >= 11 is 0. The van der Waals surface area contributed by atoms with Crippen molar-refractivity contribution in [2.24, 2.45) is 0 Å². The number of fused-ring (bicyclic) bond motifs is 2. The predicted molar refractivity (Wildman–Crippen MR) is 92.9 cm³/mol. The zero-order valence-corrected chi connectivity index (χ0v) is 14.8. The lowest BCUT2D eigenvalue weighted by molar-refractivity contribution is 0.0716. The van der Waals surface area contributed by atoms with Crippen LogP contribution in [-0.4, -0.2) is 60.9 Å². The maximum absolute atomic E-state index is 12.1. The molecule has 0 amide bonds. The number of aromatic nitrogens is 1. The molecule has 1 aromatic heterocycles. The maximum Gasteiger partial charge on any atom is 0.167 e. The molecule has 6 nitrogen and oxygen atoms in total. The van der Waals surface area contributed by atoms with E-state index in [9.17, 15) is 13.5 Å². The standard InChI is InChI=1S/C17H26N3O3S/c1-24(22,23)17(13-4-3-9-18-10-13)19-11-16(21)12-20-14-5-2-6-15(20)8-7-14/h2-4,9-10,14-17,19,21H,5-8,11-12H2,1H3/t14-,15+,16?,17?. The third-order valence-electron chi connectivity index (χ3n) is 5.02. The highest BCUT2D eigenvalue weighted by atomic mass is 32.2. The van der Waals surface area contributed by atoms with Crippen LogP contribution in [0.15, 0.2) is 24.5 Å². The number of hydrogen-bond donors (Lipinski definition) is 2. The first-order valence-corrected chi connectivity index (χ1v) is 10.5. The molecule has 2 unspecified atom stereocenters. The van der Waals surface area contributed by atoms with E-state index in [2.05, 4.69) is 21.6 Å². The van der Waals surface area contributed by atoms with Gasteiger partial charge in [-0.1, -0.05) is 6.07 Å². The summed E-state index contributed by atoms with van der Waals surface area (Å²) in [6.45, 7) is 0.839. The van der Waals surface area contributed by atoms with Crippen molar-refractivity contribution in [3.05, 3.63) is 36.5 Å². The summed E-state index contributed by atoms with van der Waals surface area (Å²) in [5, 5.41) is 12.6. The SMILES string of the molecule is CS(=O)(=O)C(NCC(O)CN1[C@@H]2C[CH]C[C@H]1CC2)c1cccnc1. The van der Waals surface area contributed by atoms with Gasteiger partial charge in [0.05, 0.1) is 6.10 Å². The molecular weight excluding hydrogens is 326 g/mol. The second kappa shape index (κ2) is 7.47. The molecule has 2 saturated heterocycles. The summed E-state index contributed by atoms with van der Waals surface area (Å²) in [7, 11) is -3.34. The van der Waals surface area contributed by atoms with Gasteiger partial charge in [0, 0.05) is 49.4 Å². The minimum atomic E-state index is -3.34. The molecule has 3 heterocycles. The maximum atomic E-state index is 12.1. The van der Waals surface area contributed by atoms with Gasteiger partial charge in [-0.15, -0.1) is 0 Å². The molecule has 24 heavy (non-hydrogen) atoms. The fourth-order valence-corrected chi connectivity index (χ4v) is 4.93. The predicted octanol–water partition coefficient (Wildman–Crippen LogP) is 0.906.